The first kappa shape index (κ1) is 14.0. The Morgan fingerprint density at radius 2 is 1.80 bits per heavy atom. The molecule has 4 rings (SSSR count). The minimum Gasteiger partial charge on any atom is -0.339 e. The highest BCUT2D eigenvalue weighted by atomic mass is 16.5. The van der Waals surface area contributed by atoms with Gasteiger partial charge >= 0.3 is 0 Å². The molecule has 20 heavy (non-hydrogen) atoms. The van der Waals surface area contributed by atoms with E-state index in [1.807, 2.05) is 13.8 Å². The Morgan fingerprint density at radius 3 is 2.30 bits per heavy atom. The SMILES string of the molecule is CC(C)(N)C(C)(C)c1nc(C2CN3CCN2CC3)no1. The van der Waals surface area contributed by atoms with Gasteiger partial charge in [-0.3, -0.25) is 9.80 Å². The molecule has 0 saturated carbocycles. The van der Waals surface area contributed by atoms with Crippen molar-refractivity contribution in [3.63, 3.8) is 0 Å². The molecule has 1 aromatic rings. The molecular formula is C14H25N5O. The molecule has 0 radical (unpaired) electrons. The average molecular weight is 279 g/mol. The van der Waals surface area contributed by atoms with Crippen LogP contribution in [0.15, 0.2) is 4.52 Å². The third kappa shape index (κ3) is 2.16. The zero-order valence-corrected chi connectivity index (χ0v) is 12.9. The monoisotopic (exact) mass is 279 g/mol. The molecule has 0 amide bonds. The van der Waals surface area contributed by atoms with Crippen LogP contribution in [0.4, 0.5) is 0 Å². The summed E-state index contributed by atoms with van der Waals surface area (Å²) in [5, 5.41) is 4.23. The van der Waals surface area contributed by atoms with Gasteiger partial charge in [0.2, 0.25) is 5.89 Å². The Kier molecular flexibility index (Phi) is 3.15. The van der Waals surface area contributed by atoms with Crippen molar-refractivity contribution >= 4 is 0 Å². The summed E-state index contributed by atoms with van der Waals surface area (Å²) in [6, 6.07) is 0.270. The largest absolute Gasteiger partial charge is 0.339 e. The molecule has 0 aliphatic carbocycles. The smallest absolute Gasteiger partial charge is 0.234 e. The average Bonchev–Trinajstić information content (AvgIpc) is 2.88. The quantitative estimate of drug-likeness (QED) is 0.880. The van der Waals surface area contributed by atoms with Gasteiger partial charge in [-0.25, -0.2) is 0 Å². The Labute approximate surface area is 120 Å². The van der Waals surface area contributed by atoms with Crippen LogP contribution in [-0.4, -0.2) is 58.2 Å². The maximum absolute atomic E-state index is 6.25. The molecule has 4 heterocycles. The van der Waals surface area contributed by atoms with Crippen LogP contribution in [0.25, 0.3) is 0 Å². The lowest BCUT2D eigenvalue weighted by molar-refractivity contribution is 0.00780. The molecule has 1 unspecified atom stereocenters. The van der Waals surface area contributed by atoms with Gasteiger partial charge in [-0.2, -0.15) is 4.98 Å². The van der Waals surface area contributed by atoms with E-state index >= 15 is 0 Å². The standard InChI is InChI=1S/C14H25N5O/c1-13(2,14(3,4)15)12-16-11(17-20-12)10-9-18-5-7-19(10)8-6-18/h10H,5-9,15H2,1-4H3. The van der Waals surface area contributed by atoms with Crippen molar-refractivity contribution in [2.24, 2.45) is 5.73 Å². The van der Waals surface area contributed by atoms with Crippen molar-refractivity contribution < 1.29 is 4.52 Å². The lowest BCUT2D eigenvalue weighted by Crippen LogP contribution is -2.57. The van der Waals surface area contributed by atoms with Crippen LogP contribution in [0.2, 0.25) is 0 Å². The number of hydrogen-bond donors (Lipinski definition) is 1. The second-order valence-electron chi connectivity index (χ2n) is 7.16. The van der Waals surface area contributed by atoms with E-state index in [0.29, 0.717) is 5.89 Å². The predicted molar refractivity (Wildman–Crippen MR) is 76.3 cm³/mol. The molecule has 3 aliphatic rings. The van der Waals surface area contributed by atoms with Crippen LogP contribution in [0.3, 0.4) is 0 Å². The molecule has 0 aromatic carbocycles. The number of nitrogens with zero attached hydrogens (tertiary/aromatic N) is 4. The molecular weight excluding hydrogens is 254 g/mol. The van der Waals surface area contributed by atoms with Crippen LogP contribution in [0.5, 0.6) is 0 Å². The summed E-state index contributed by atoms with van der Waals surface area (Å²) in [6.45, 7) is 13.6. The van der Waals surface area contributed by atoms with Crippen LogP contribution in [-0.2, 0) is 5.41 Å². The number of aromatic nitrogens is 2. The zero-order valence-electron chi connectivity index (χ0n) is 12.9. The van der Waals surface area contributed by atoms with Gasteiger partial charge in [0.25, 0.3) is 0 Å². The normalized spacial score (nSPS) is 30.8. The zero-order chi connectivity index (χ0) is 14.5. The minimum atomic E-state index is -0.411. The van der Waals surface area contributed by atoms with E-state index in [-0.39, 0.29) is 11.5 Å². The molecule has 1 atom stereocenters. The summed E-state index contributed by atoms with van der Waals surface area (Å²) in [5.74, 6) is 1.44. The third-order valence-electron chi connectivity index (χ3n) is 5.16. The maximum atomic E-state index is 6.25. The molecule has 112 valence electrons. The number of nitrogens with two attached hydrogens (primary N) is 1. The van der Waals surface area contributed by atoms with Crippen molar-refractivity contribution in [2.45, 2.75) is 44.7 Å². The van der Waals surface area contributed by atoms with Gasteiger partial charge in [0.05, 0.1) is 11.5 Å². The lowest BCUT2D eigenvalue weighted by atomic mass is 9.75. The minimum absolute atomic E-state index is 0.270. The Morgan fingerprint density at radius 1 is 1.15 bits per heavy atom. The van der Waals surface area contributed by atoms with Crippen LogP contribution in [0.1, 0.15) is 45.5 Å². The van der Waals surface area contributed by atoms with Crippen molar-refractivity contribution in [1.29, 1.82) is 0 Å². The van der Waals surface area contributed by atoms with E-state index in [4.69, 9.17) is 10.3 Å². The van der Waals surface area contributed by atoms with Crippen LogP contribution < -0.4 is 5.73 Å². The summed E-state index contributed by atoms with van der Waals surface area (Å²) >= 11 is 0. The molecule has 6 heteroatoms. The first-order chi connectivity index (χ1) is 9.29. The van der Waals surface area contributed by atoms with Gasteiger partial charge in [-0.05, 0) is 27.7 Å². The molecule has 1 aromatic heterocycles. The Hall–Kier alpha value is -0.980. The second kappa shape index (κ2) is 4.51. The Balaban J connectivity index is 1.84. The third-order valence-corrected chi connectivity index (χ3v) is 5.16. The first-order valence-corrected chi connectivity index (χ1v) is 7.38. The van der Waals surface area contributed by atoms with Crippen molar-refractivity contribution in [2.75, 3.05) is 32.7 Å². The molecule has 3 saturated heterocycles. The summed E-state index contributed by atoms with van der Waals surface area (Å²) in [5.41, 5.74) is 5.49. The summed E-state index contributed by atoms with van der Waals surface area (Å²) in [7, 11) is 0. The molecule has 3 fully saturated rings. The maximum Gasteiger partial charge on any atom is 0.234 e. The van der Waals surface area contributed by atoms with Crippen LogP contribution >= 0.6 is 0 Å². The van der Waals surface area contributed by atoms with E-state index in [1.54, 1.807) is 0 Å². The van der Waals surface area contributed by atoms with Crippen molar-refractivity contribution in [3.05, 3.63) is 11.7 Å². The van der Waals surface area contributed by atoms with E-state index in [0.717, 1.165) is 38.5 Å². The number of hydrogen-bond acceptors (Lipinski definition) is 6. The Bertz CT molecular complexity index is 482. The number of fused-ring (bicyclic) bond motifs is 3. The summed E-state index contributed by atoms with van der Waals surface area (Å²) in [4.78, 5) is 9.59. The van der Waals surface area contributed by atoms with Crippen molar-refractivity contribution in [1.82, 2.24) is 19.9 Å². The van der Waals surface area contributed by atoms with E-state index in [1.165, 1.54) is 0 Å². The van der Waals surface area contributed by atoms with Gasteiger partial charge in [-0.15, -0.1) is 0 Å². The predicted octanol–water partition coefficient (Wildman–Crippen LogP) is 0.757. The van der Waals surface area contributed by atoms with E-state index < -0.39 is 5.54 Å². The summed E-state index contributed by atoms with van der Waals surface area (Å²) < 4.78 is 5.53. The fourth-order valence-electron chi connectivity index (χ4n) is 2.76. The fraction of sp³-hybridized carbons (Fsp3) is 0.857. The van der Waals surface area contributed by atoms with Crippen LogP contribution in [0, 0.1) is 0 Å². The molecule has 6 nitrogen and oxygen atoms in total. The molecule has 3 aliphatic heterocycles. The fourth-order valence-corrected chi connectivity index (χ4v) is 2.76. The number of piperazine rings is 3. The van der Waals surface area contributed by atoms with Gasteiger partial charge in [0, 0.05) is 38.3 Å². The van der Waals surface area contributed by atoms with E-state index in [9.17, 15) is 0 Å². The highest BCUT2D eigenvalue weighted by Crippen LogP contribution is 2.34. The highest BCUT2D eigenvalue weighted by Gasteiger charge is 2.42. The topological polar surface area (TPSA) is 71.4 Å². The first-order valence-electron chi connectivity index (χ1n) is 7.38. The number of rotatable bonds is 3. The van der Waals surface area contributed by atoms with E-state index in [2.05, 4.69) is 33.8 Å². The van der Waals surface area contributed by atoms with Gasteiger partial charge < -0.3 is 10.3 Å². The van der Waals surface area contributed by atoms with Gasteiger partial charge in [0.15, 0.2) is 5.82 Å². The van der Waals surface area contributed by atoms with Crippen molar-refractivity contribution in [3.8, 4) is 0 Å². The second-order valence-corrected chi connectivity index (χ2v) is 7.16. The van der Waals surface area contributed by atoms with Gasteiger partial charge in [0.1, 0.15) is 0 Å². The molecule has 0 spiro atoms. The lowest BCUT2D eigenvalue weighted by Gasteiger charge is -2.46. The highest BCUT2D eigenvalue weighted by molar-refractivity contribution is 5.12. The summed E-state index contributed by atoms with van der Waals surface area (Å²) in [6.07, 6.45) is 0. The van der Waals surface area contributed by atoms with Gasteiger partial charge in [-0.1, -0.05) is 5.16 Å². The molecule has 2 bridgehead atoms. The molecule has 2 N–H and O–H groups in total.